The molecule has 1 amide bonds. The molecular weight excluding hydrogens is 494 g/mol. The van der Waals surface area contributed by atoms with Crippen molar-refractivity contribution >= 4 is 33.2 Å². The van der Waals surface area contributed by atoms with Crippen LogP contribution < -0.4 is 9.62 Å². The fourth-order valence-electron chi connectivity index (χ4n) is 4.30. The van der Waals surface area contributed by atoms with E-state index in [4.69, 9.17) is 11.6 Å². The largest absolute Gasteiger partial charge is 0.350 e. The first kappa shape index (κ1) is 26.2. The molecule has 190 valence electrons. The number of piperidine rings is 1. The summed E-state index contributed by atoms with van der Waals surface area (Å²) < 4.78 is 28.0. The second-order valence-electron chi connectivity index (χ2n) is 9.19. The summed E-state index contributed by atoms with van der Waals surface area (Å²) in [6.07, 6.45) is 3.84. The molecule has 0 radical (unpaired) electrons. The predicted molar refractivity (Wildman–Crippen MR) is 145 cm³/mol. The zero-order chi connectivity index (χ0) is 25.5. The molecule has 1 heterocycles. The van der Waals surface area contributed by atoms with Gasteiger partial charge in [-0.2, -0.15) is 0 Å². The maximum Gasteiger partial charge on any atom is 0.264 e. The van der Waals surface area contributed by atoms with Crippen LogP contribution in [0.1, 0.15) is 36.0 Å². The Morgan fingerprint density at radius 3 is 2.28 bits per heavy atom. The Labute approximate surface area is 218 Å². The zero-order valence-electron chi connectivity index (χ0n) is 20.5. The van der Waals surface area contributed by atoms with Gasteiger partial charge in [-0.15, -0.1) is 0 Å². The van der Waals surface area contributed by atoms with E-state index in [2.05, 4.69) is 22.3 Å². The van der Waals surface area contributed by atoms with E-state index in [9.17, 15) is 13.2 Å². The number of nitrogens with zero attached hydrogens (tertiary/aromatic N) is 2. The summed E-state index contributed by atoms with van der Waals surface area (Å²) in [5, 5.41) is 3.30. The van der Waals surface area contributed by atoms with Gasteiger partial charge in [0, 0.05) is 18.1 Å². The molecule has 1 saturated heterocycles. The number of carbonyl (C=O) groups is 1. The van der Waals surface area contributed by atoms with Crippen LogP contribution >= 0.6 is 11.6 Å². The lowest BCUT2D eigenvalue weighted by Crippen LogP contribution is -2.40. The summed E-state index contributed by atoms with van der Waals surface area (Å²) in [5.41, 5.74) is 3.38. The molecule has 1 aliphatic heterocycles. The Morgan fingerprint density at radius 2 is 1.61 bits per heavy atom. The molecule has 0 spiro atoms. The van der Waals surface area contributed by atoms with E-state index in [0.717, 1.165) is 35.1 Å². The van der Waals surface area contributed by atoms with Crippen molar-refractivity contribution in [3.63, 3.8) is 0 Å². The second-order valence-corrected chi connectivity index (χ2v) is 11.5. The second kappa shape index (κ2) is 11.9. The zero-order valence-corrected chi connectivity index (χ0v) is 22.1. The van der Waals surface area contributed by atoms with Crippen molar-refractivity contribution in [3.05, 3.63) is 94.5 Å². The van der Waals surface area contributed by atoms with Crippen molar-refractivity contribution in [1.29, 1.82) is 0 Å². The van der Waals surface area contributed by atoms with Crippen LogP contribution in [0.4, 0.5) is 5.69 Å². The van der Waals surface area contributed by atoms with Gasteiger partial charge in [0.05, 0.1) is 10.6 Å². The van der Waals surface area contributed by atoms with Crippen molar-refractivity contribution in [2.45, 2.75) is 44.2 Å². The van der Waals surface area contributed by atoms with Gasteiger partial charge in [0.25, 0.3) is 10.0 Å². The highest BCUT2D eigenvalue weighted by Crippen LogP contribution is 2.28. The Hall–Kier alpha value is -2.87. The number of amides is 1. The lowest BCUT2D eigenvalue weighted by atomic mass is 10.1. The monoisotopic (exact) mass is 525 g/mol. The fraction of sp³-hybridized carbons (Fsp3) is 0.321. The number of benzene rings is 3. The molecule has 1 fully saturated rings. The summed E-state index contributed by atoms with van der Waals surface area (Å²) in [5.74, 6) is -0.399. The van der Waals surface area contributed by atoms with Gasteiger partial charge in [-0.1, -0.05) is 66.6 Å². The van der Waals surface area contributed by atoms with Gasteiger partial charge in [-0.3, -0.25) is 14.0 Å². The summed E-state index contributed by atoms with van der Waals surface area (Å²) in [6.45, 7) is 5.03. The van der Waals surface area contributed by atoms with E-state index >= 15 is 0 Å². The number of anilines is 1. The molecule has 0 atom stereocenters. The molecule has 0 aromatic heterocycles. The smallest absolute Gasteiger partial charge is 0.264 e. The predicted octanol–water partition coefficient (Wildman–Crippen LogP) is 5.15. The SMILES string of the molecule is Cc1ccc(N(CC(=O)NCc2ccc(CN3CCCCC3)cc2)S(=O)(=O)c2ccccc2)cc1Cl. The van der Waals surface area contributed by atoms with Crippen LogP contribution in [-0.2, 0) is 27.9 Å². The van der Waals surface area contributed by atoms with Crippen LogP contribution in [0.2, 0.25) is 5.02 Å². The highest BCUT2D eigenvalue weighted by Gasteiger charge is 2.27. The molecule has 8 heteroatoms. The van der Waals surface area contributed by atoms with Crippen LogP contribution in [0, 0.1) is 6.92 Å². The molecule has 0 aliphatic carbocycles. The standard InChI is InChI=1S/C28H32ClN3O3S/c1-22-10-15-25(18-27(22)29)32(36(34,35)26-8-4-2-5-9-26)21-28(33)30-19-23-11-13-24(14-12-23)20-31-16-6-3-7-17-31/h2,4-5,8-15,18H,3,6-7,16-17,19-21H2,1H3,(H,30,33). The Kier molecular flexibility index (Phi) is 8.67. The molecule has 36 heavy (non-hydrogen) atoms. The maximum absolute atomic E-state index is 13.4. The summed E-state index contributed by atoms with van der Waals surface area (Å²) in [6, 6.07) is 21.3. The quantitative estimate of drug-likeness (QED) is 0.419. The average Bonchev–Trinajstić information content (AvgIpc) is 2.89. The van der Waals surface area contributed by atoms with Crippen molar-refractivity contribution in [2.75, 3.05) is 23.9 Å². The number of halogens is 1. The first-order valence-corrected chi connectivity index (χ1v) is 14.1. The topological polar surface area (TPSA) is 69.7 Å². The molecule has 0 saturated carbocycles. The van der Waals surface area contributed by atoms with Gasteiger partial charge in [0.15, 0.2) is 0 Å². The number of carbonyl (C=O) groups excluding carboxylic acids is 1. The van der Waals surface area contributed by atoms with Crippen LogP contribution in [0.3, 0.4) is 0 Å². The molecule has 0 unspecified atom stereocenters. The Bertz CT molecular complexity index is 1280. The van der Waals surface area contributed by atoms with Crippen molar-refractivity contribution < 1.29 is 13.2 Å². The van der Waals surface area contributed by atoms with Gasteiger partial charge < -0.3 is 5.32 Å². The van der Waals surface area contributed by atoms with Gasteiger partial charge in [0.1, 0.15) is 6.54 Å². The van der Waals surface area contributed by atoms with Crippen molar-refractivity contribution in [1.82, 2.24) is 10.2 Å². The van der Waals surface area contributed by atoms with Crippen molar-refractivity contribution in [3.8, 4) is 0 Å². The Balaban J connectivity index is 1.44. The van der Waals surface area contributed by atoms with E-state index < -0.39 is 15.9 Å². The Morgan fingerprint density at radius 1 is 0.944 bits per heavy atom. The number of likely N-dealkylation sites (tertiary alicyclic amines) is 1. The van der Waals surface area contributed by atoms with Crippen LogP contribution in [0.5, 0.6) is 0 Å². The highest BCUT2D eigenvalue weighted by atomic mass is 35.5. The van der Waals surface area contributed by atoms with Crippen LogP contribution in [0.25, 0.3) is 0 Å². The van der Waals surface area contributed by atoms with E-state index in [1.807, 2.05) is 19.1 Å². The number of rotatable bonds is 9. The lowest BCUT2D eigenvalue weighted by Gasteiger charge is -2.26. The minimum atomic E-state index is -3.97. The molecular formula is C28H32ClN3O3S. The minimum Gasteiger partial charge on any atom is -0.350 e. The summed E-state index contributed by atoms with van der Waals surface area (Å²) >= 11 is 6.28. The third kappa shape index (κ3) is 6.66. The number of sulfonamides is 1. The molecule has 1 N–H and O–H groups in total. The minimum absolute atomic E-state index is 0.110. The molecule has 0 bridgehead atoms. The fourth-order valence-corrected chi connectivity index (χ4v) is 5.91. The highest BCUT2D eigenvalue weighted by molar-refractivity contribution is 7.92. The van der Waals surface area contributed by atoms with Gasteiger partial charge >= 0.3 is 0 Å². The van der Waals surface area contributed by atoms with E-state index in [1.165, 1.54) is 37.0 Å². The first-order valence-electron chi connectivity index (χ1n) is 12.2. The molecule has 6 nitrogen and oxygen atoms in total. The number of hydrogen-bond acceptors (Lipinski definition) is 4. The molecule has 4 rings (SSSR count). The van der Waals surface area contributed by atoms with Crippen LogP contribution in [-0.4, -0.2) is 38.9 Å². The molecule has 3 aromatic rings. The van der Waals surface area contributed by atoms with Gasteiger partial charge in [0.2, 0.25) is 5.91 Å². The number of nitrogens with one attached hydrogen (secondary N) is 1. The van der Waals surface area contributed by atoms with Crippen LogP contribution in [0.15, 0.2) is 77.7 Å². The first-order chi connectivity index (χ1) is 17.3. The summed E-state index contributed by atoms with van der Waals surface area (Å²) in [7, 11) is -3.97. The summed E-state index contributed by atoms with van der Waals surface area (Å²) in [4.78, 5) is 15.5. The normalized spacial score (nSPS) is 14.4. The lowest BCUT2D eigenvalue weighted by molar-refractivity contribution is -0.119. The third-order valence-electron chi connectivity index (χ3n) is 6.43. The van der Waals surface area contributed by atoms with E-state index in [1.54, 1.807) is 36.4 Å². The van der Waals surface area contributed by atoms with Gasteiger partial charge in [-0.25, -0.2) is 8.42 Å². The van der Waals surface area contributed by atoms with E-state index in [0.29, 0.717) is 17.3 Å². The average molecular weight is 526 g/mol. The number of hydrogen-bond donors (Lipinski definition) is 1. The van der Waals surface area contributed by atoms with Gasteiger partial charge in [-0.05, 0) is 73.8 Å². The maximum atomic E-state index is 13.4. The van der Waals surface area contributed by atoms with E-state index in [-0.39, 0.29) is 11.4 Å². The molecule has 3 aromatic carbocycles. The molecule has 1 aliphatic rings. The third-order valence-corrected chi connectivity index (χ3v) is 8.62. The number of aryl methyl sites for hydroxylation is 1. The van der Waals surface area contributed by atoms with Crippen molar-refractivity contribution in [2.24, 2.45) is 0 Å².